The molecule has 1 aliphatic rings. The first-order valence-corrected chi connectivity index (χ1v) is 4.60. The van der Waals surface area contributed by atoms with E-state index in [9.17, 15) is 0 Å². The zero-order valence-corrected chi connectivity index (χ0v) is 7.80. The molecule has 1 aromatic rings. The van der Waals surface area contributed by atoms with Crippen LogP contribution in [0.5, 0.6) is 0 Å². The number of nitrogens with zero attached hydrogens (tertiary/aromatic N) is 3. The third-order valence-electron chi connectivity index (χ3n) is 2.43. The molecule has 0 radical (unpaired) electrons. The standard InChI is InChI=1S/C10H12N4/c11-4-10(14-6-9(12)7-14)8-2-1-3-13-5-8/h1-3,5,9-10H,6-7,12H2/t10-/m1/s1. The van der Waals surface area contributed by atoms with Crippen molar-refractivity contribution in [2.75, 3.05) is 13.1 Å². The molecule has 1 fully saturated rings. The van der Waals surface area contributed by atoms with Crippen molar-refractivity contribution in [3.8, 4) is 6.07 Å². The largest absolute Gasteiger partial charge is 0.325 e. The predicted molar refractivity (Wildman–Crippen MR) is 52.1 cm³/mol. The lowest BCUT2D eigenvalue weighted by molar-refractivity contribution is 0.121. The normalized spacial score (nSPS) is 19.7. The average Bonchev–Trinajstić information content (AvgIpc) is 2.18. The number of hydrogen-bond acceptors (Lipinski definition) is 4. The molecule has 1 aliphatic heterocycles. The van der Waals surface area contributed by atoms with Gasteiger partial charge in [0.05, 0.1) is 6.07 Å². The van der Waals surface area contributed by atoms with Gasteiger partial charge < -0.3 is 5.73 Å². The van der Waals surface area contributed by atoms with Crippen molar-refractivity contribution in [1.29, 1.82) is 5.26 Å². The summed E-state index contributed by atoms with van der Waals surface area (Å²) in [5.74, 6) is 0. The highest BCUT2D eigenvalue weighted by Gasteiger charge is 2.30. The lowest BCUT2D eigenvalue weighted by Gasteiger charge is -2.39. The number of nitrogens with two attached hydrogens (primary N) is 1. The van der Waals surface area contributed by atoms with Crippen molar-refractivity contribution in [2.45, 2.75) is 12.1 Å². The summed E-state index contributed by atoms with van der Waals surface area (Å²) in [5, 5.41) is 9.04. The van der Waals surface area contributed by atoms with E-state index in [1.807, 2.05) is 12.1 Å². The van der Waals surface area contributed by atoms with Crippen molar-refractivity contribution in [2.24, 2.45) is 5.73 Å². The molecule has 2 rings (SSSR count). The maximum atomic E-state index is 9.04. The third kappa shape index (κ3) is 1.60. The number of rotatable bonds is 2. The first kappa shape index (κ1) is 9.13. The van der Waals surface area contributed by atoms with Gasteiger partial charge in [-0.3, -0.25) is 9.88 Å². The topological polar surface area (TPSA) is 65.9 Å². The van der Waals surface area contributed by atoms with Crippen molar-refractivity contribution in [3.05, 3.63) is 30.1 Å². The van der Waals surface area contributed by atoms with E-state index < -0.39 is 0 Å². The minimum Gasteiger partial charge on any atom is -0.325 e. The second-order valence-corrected chi connectivity index (χ2v) is 3.53. The molecule has 1 aromatic heterocycles. The van der Waals surface area contributed by atoms with Crippen molar-refractivity contribution in [1.82, 2.24) is 9.88 Å². The quantitative estimate of drug-likeness (QED) is 0.724. The van der Waals surface area contributed by atoms with Gasteiger partial charge in [0.25, 0.3) is 0 Å². The van der Waals surface area contributed by atoms with E-state index in [0.29, 0.717) is 0 Å². The molecule has 72 valence electrons. The highest BCUT2D eigenvalue weighted by atomic mass is 15.2. The van der Waals surface area contributed by atoms with Crippen LogP contribution in [0.3, 0.4) is 0 Å². The molecule has 0 aliphatic carbocycles. The fourth-order valence-corrected chi connectivity index (χ4v) is 1.66. The third-order valence-corrected chi connectivity index (χ3v) is 2.43. The molecule has 0 spiro atoms. The van der Waals surface area contributed by atoms with E-state index >= 15 is 0 Å². The SMILES string of the molecule is N#C[C@H](c1cccnc1)N1CC(N)C1. The number of likely N-dealkylation sites (tertiary alicyclic amines) is 1. The van der Waals surface area contributed by atoms with Crippen LogP contribution in [0.2, 0.25) is 0 Å². The van der Waals surface area contributed by atoms with Crippen molar-refractivity contribution in [3.63, 3.8) is 0 Å². The maximum Gasteiger partial charge on any atom is 0.125 e. The summed E-state index contributed by atoms with van der Waals surface area (Å²) in [6.45, 7) is 1.60. The van der Waals surface area contributed by atoms with Crippen LogP contribution in [0.4, 0.5) is 0 Å². The van der Waals surface area contributed by atoms with Gasteiger partial charge in [-0.05, 0) is 6.07 Å². The zero-order chi connectivity index (χ0) is 9.97. The Morgan fingerprint density at radius 3 is 2.93 bits per heavy atom. The Morgan fingerprint density at radius 2 is 2.43 bits per heavy atom. The Balaban J connectivity index is 2.12. The molecule has 4 heteroatoms. The van der Waals surface area contributed by atoms with Gasteiger partial charge in [0.1, 0.15) is 6.04 Å². The van der Waals surface area contributed by atoms with Gasteiger partial charge in [0.15, 0.2) is 0 Å². The summed E-state index contributed by atoms with van der Waals surface area (Å²) < 4.78 is 0. The summed E-state index contributed by atoms with van der Waals surface area (Å²) in [5.41, 5.74) is 6.62. The number of pyridine rings is 1. The smallest absolute Gasteiger partial charge is 0.125 e. The molecule has 2 heterocycles. The van der Waals surface area contributed by atoms with E-state index in [0.717, 1.165) is 18.7 Å². The Kier molecular flexibility index (Phi) is 2.44. The van der Waals surface area contributed by atoms with Crippen LogP contribution in [0, 0.1) is 11.3 Å². The number of aromatic nitrogens is 1. The second-order valence-electron chi connectivity index (χ2n) is 3.53. The number of nitriles is 1. The van der Waals surface area contributed by atoms with Gasteiger partial charge in [-0.25, -0.2) is 0 Å². The van der Waals surface area contributed by atoms with Gasteiger partial charge in [-0.15, -0.1) is 0 Å². The van der Waals surface area contributed by atoms with Crippen molar-refractivity contribution < 1.29 is 0 Å². The molecular weight excluding hydrogens is 176 g/mol. The van der Waals surface area contributed by atoms with E-state index in [-0.39, 0.29) is 12.1 Å². The number of hydrogen-bond donors (Lipinski definition) is 1. The first-order chi connectivity index (χ1) is 6.81. The van der Waals surface area contributed by atoms with Crippen LogP contribution in [0.15, 0.2) is 24.5 Å². The molecule has 0 saturated carbocycles. The minimum absolute atomic E-state index is 0.191. The highest BCUT2D eigenvalue weighted by molar-refractivity contribution is 5.21. The molecule has 14 heavy (non-hydrogen) atoms. The Labute approximate surface area is 83.0 Å². The van der Waals surface area contributed by atoms with Gasteiger partial charge in [0, 0.05) is 37.1 Å². The van der Waals surface area contributed by atoms with E-state index in [1.165, 1.54) is 0 Å². The van der Waals surface area contributed by atoms with Crippen LogP contribution in [-0.4, -0.2) is 29.0 Å². The van der Waals surface area contributed by atoms with Gasteiger partial charge >= 0.3 is 0 Å². The Hall–Kier alpha value is -1.44. The highest BCUT2D eigenvalue weighted by Crippen LogP contribution is 2.23. The van der Waals surface area contributed by atoms with E-state index in [2.05, 4.69) is 16.0 Å². The first-order valence-electron chi connectivity index (χ1n) is 4.60. The molecular formula is C10H12N4. The van der Waals surface area contributed by atoms with E-state index in [4.69, 9.17) is 11.0 Å². The van der Waals surface area contributed by atoms with Crippen LogP contribution in [0.1, 0.15) is 11.6 Å². The molecule has 1 atom stereocenters. The molecule has 0 amide bonds. The fourth-order valence-electron chi connectivity index (χ4n) is 1.66. The lowest BCUT2D eigenvalue weighted by atomic mass is 10.0. The summed E-state index contributed by atoms with van der Waals surface area (Å²) in [6.07, 6.45) is 3.44. The fraction of sp³-hybridized carbons (Fsp3) is 0.400. The van der Waals surface area contributed by atoms with Gasteiger partial charge in [0.2, 0.25) is 0 Å². The predicted octanol–water partition coefficient (Wildman–Crippen LogP) is 0.289. The molecule has 2 N–H and O–H groups in total. The van der Waals surface area contributed by atoms with Crippen LogP contribution in [0.25, 0.3) is 0 Å². The Morgan fingerprint density at radius 1 is 1.64 bits per heavy atom. The van der Waals surface area contributed by atoms with Crippen LogP contribution < -0.4 is 5.73 Å². The van der Waals surface area contributed by atoms with Crippen molar-refractivity contribution >= 4 is 0 Å². The van der Waals surface area contributed by atoms with E-state index in [1.54, 1.807) is 12.4 Å². The van der Waals surface area contributed by atoms with Crippen LogP contribution in [-0.2, 0) is 0 Å². The summed E-state index contributed by atoms with van der Waals surface area (Å²) in [7, 11) is 0. The summed E-state index contributed by atoms with van der Waals surface area (Å²) >= 11 is 0. The average molecular weight is 188 g/mol. The second kappa shape index (κ2) is 3.74. The molecule has 0 unspecified atom stereocenters. The summed E-state index contributed by atoms with van der Waals surface area (Å²) in [4.78, 5) is 6.06. The van der Waals surface area contributed by atoms with Gasteiger partial charge in [-0.1, -0.05) is 6.07 Å². The molecule has 4 nitrogen and oxygen atoms in total. The molecule has 0 bridgehead atoms. The van der Waals surface area contributed by atoms with Gasteiger partial charge in [-0.2, -0.15) is 5.26 Å². The van der Waals surface area contributed by atoms with Crippen LogP contribution >= 0.6 is 0 Å². The zero-order valence-electron chi connectivity index (χ0n) is 7.80. The monoisotopic (exact) mass is 188 g/mol. The molecule has 1 saturated heterocycles. The minimum atomic E-state index is -0.191. The maximum absolute atomic E-state index is 9.04. The molecule has 0 aromatic carbocycles. The lowest BCUT2D eigenvalue weighted by Crippen LogP contribution is -2.56. The Bertz CT molecular complexity index is 337. The summed E-state index contributed by atoms with van der Waals surface area (Å²) in [6, 6.07) is 6.07.